The molecule has 0 bridgehead atoms. The molecule has 0 N–H and O–H groups in total. The van der Waals surface area contributed by atoms with Gasteiger partial charge in [0.1, 0.15) is 6.10 Å². The molecule has 2 aromatic rings. The molecule has 1 amide bonds. The van der Waals surface area contributed by atoms with Crippen molar-refractivity contribution in [2.45, 2.75) is 6.10 Å². The Morgan fingerprint density at radius 3 is 2.41 bits per heavy atom. The van der Waals surface area contributed by atoms with Gasteiger partial charge in [0.25, 0.3) is 16.2 Å². The van der Waals surface area contributed by atoms with Crippen LogP contribution < -0.4 is 0 Å². The van der Waals surface area contributed by atoms with Crippen molar-refractivity contribution in [3.05, 3.63) is 63.6 Å². The summed E-state index contributed by atoms with van der Waals surface area (Å²) in [5.41, 5.74) is 1.14. The van der Waals surface area contributed by atoms with Crippen LogP contribution >= 0.6 is 23.2 Å². The van der Waals surface area contributed by atoms with Gasteiger partial charge in [0.2, 0.25) is 0 Å². The van der Waals surface area contributed by atoms with Gasteiger partial charge < -0.3 is 14.5 Å². The highest BCUT2D eigenvalue weighted by atomic mass is 35.5. The molecule has 5 rings (SSSR count). The molecule has 1 spiro atoms. The minimum Gasteiger partial charge on any atom is -0.370 e. The van der Waals surface area contributed by atoms with Crippen LogP contribution in [0, 0.1) is 5.41 Å². The normalized spacial score (nSPS) is 24.2. The monoisotopic (exact) mass is 526 g/mol. The predicted octanol–water partition coefficient (Wildman–Crippen LogP) is 4.35. The van der Waals surface area contributed by atoms with Crippen LogP contribution in [0.5, 0.6) is 0 Å². The summed E-state index contributed by atoms with van der Waals surface area (Å²) >= 11 is 12.8. The average Bonchev–Trinajstić information content (AvgIpc) is 2.75. The summed E-state index contributed by atoms with van der Waals surface area (Å²) in [4.78, 5) is 17.0. The van der Waals surface area contributed by atoms with Gasteiger partial charge >= 0.3 is 0 Å². The van der Waals surface area contributed by atoms with E-state index in [-0.39, 0.29) is 38.7 Å². The van der Waals surface area contributed by atoms with E-state index >= 15 is 0 Å². The molecule has 1 unspecified atom stereocenters. The van der Waals surface area contributed by atoms with Gasteiger partial charge in [-0.3, -0.25) is 4.79 Å². The number of hydrogen-bond donors (Lipinski definition) is 0. The Morgan fingerprint density at radius 2 is 1.79 bits per heavy atom. The van der Waals surface area contributed by atoms with Gasteiger partial charge in [0.15, 0.2) is 0 Å². The molecular weight excluding hydrogens is 502 g/mol. The fourth-order valence-corrected chi connectivity index (χ4v) is 7.01. The van der Waals surface area contributed by atoms with Crippen LogP contribution in [0.15, 0.2) is 46.8 Å². The van der Waals surface area contributed by atoms with E-state index in [9.17, 15) is 12.9 Å². The quantitative estimate of drug-likeness (QED) is 0.555. The molecule has 3 heterocycles. The molecule has 11 heteroatoms. The lowest BCUT2D eigenvalue weighted by atomic mass is 9.75. The topological polar surface area (TPSA) is 65.5 Å². The van der Waals surface area contributed by atoms with Crippen LogP contribution in [-0.4, -0.2) is 77.1 Å². The Balaban J connectivity index is 1.32. The van der Waals surface area contributed by atoms with E-state index in [0.29, 0.717) is 32.8 Å². The number of benzene rings is 2. The fourth-order valence-electron chi connectivity index (χ4n) is 5.03. The number of carbonyl (C=O) groups excluding carboxylic acids is 1. The minimum absolute atomic E-state index is 0.0142. The van der Waals surface area contributed by atoms with E-state index in [2.05, 4.69) is 9.26 Å². The van der Waals surface area contributed by atoms with Crippen LogP contribution in [0.2, 0.25) is 10.0 Å². The highest BCUT2D eigenvalue weighted by molar-refractivity contribution is 7.86. The number of morpholine rings is 1. The van der Waals surface area contributed by atoms with Gasteiger partial charge in [-0.05, 0) is 24.7 Å². The van der Waals surface area contributed by atoms with Crippen molar-refractivity contribution in [3.63, 3.8) is 0 Å². The summed E-state index contributed by atoms with van der Waals surface area (Å²) < 4.78 is 38.4. The summed E-state index contributed by atoms with van der Waals surface area (Å²) in [6.07, 6.45) is -0.253. The third kappa shape index (κ3) is 4.57. The molecule has 3 fully saturated rings. The van der Waals surface area contributed by atoms with E-state index in [4.69, 9.17) is 27.9 Å². The van der Waals surface area contributed by atoms with Crippen molar-refractivity contribution in [2.75, 3.05) is 52.9 Å². The number of carbonyl (C=O) groups is 1. The van der Waals surface area contributed by atoms with Crippen LogP contribution in [0.1, 0.15) is 22.0 Å². The summed E-state index contributed by atoms with van der Waals surface area (Å²) in [6.45, 7) is 3.64. The molecule has 34 heavy (non-hydrogen) atoms. The Hall–Kier alpha value is -1.75. The molecule has 2 atom stereocenters. The van der Waals surface area contributed by atoms with Gasteiger partial charge in [-0.2, -0.15) is 12.9 Å². The second-order valence-electron chi connectivity index (χ2n) is 9.30. The zero-order valence-electron chi connectivity index (χ0n) is 18.6. The minimum atomic E-state index is -4.11. The summed E-state index contributed by atoms with van der Waals surface area (Å²) in [5, 5.41) is 0.0739. The van der Waals surface area contributed by atoms with E-state index in [1.165, 1.54) is 16.4 Å². The second-order valence-corrected chi connectivity index (χ2v) is 11.7. The maximum Gasteiger partial charge on any atom is 0.275 e. The summed E-state index contributed by atoms with van der Waals surface area (Å²) in [6, 6.07) is 12.3. The number of hydrogen-bond acceptors (Lipinski definition) is 5. The van der Waals surface area contributed by atoms with Crippen molar-refractivity contribution in [1.82, 2.24) is 14.1 Å². The van der Waals surface area contributed by atoms with Crippen LogP contribution in [0.4, 0.5) is 9.57 Å². The largest absolute Gasteiger partial charge is 0.370 e. The van der Waals surface area contributed by atoms with Gasteiger partial charge in [-0.15, -0.1) is 3.89 Å². The Morgan fingerprint density at radius 1 is 1.15 bits per heavy atom. The zero-order valence-corrected chi connectivity index (χ0v) is 21.0. The first-order chi connectivity index (χ1) is 16.2. The highest BCUT2D eigenvalue weighted by Gasteiger charge is 2.53. The Labute approximate surface area is 209 Å². The van der Waals surface area contributed by atoms with E-state index in [1.54, 1.807) is 4.90 Å². The lowest BCUT2D eigenvalue weighted by molar-refractivity contribution is -0.0674. The lowest BCUT2D eigenvalue weighted by Gasteiger charge is -2.58. The first kappa shape index (κ1) is 24.0. The molecule has 0 saturated carbocycles. The number of ether oxygens (including phenoxy) is 1. The predicted molar refractivity (Wildman–Crippen MR) is 130 cm³/mol. The number of halogens is 3. The highest BCUT2D eigenvalue weighted by Crippen LogP contribution is 2.42. The standard InChI is InChI=1S/C23H25Cl2FN4O3S/c1-28-12-23(13-28)14-30(15-23)34(26,32)27-17-9-18(24)21(19(25)10-17)22(31)29-7-8-33-20(11-29)16-5-3-2-4-6-16/h2-6,9-10,20H,7-8,11-15H2,1H3/t20-,34?/m1/s1. The van der Waals surface area contributed by atoms with Crippen LogP contribution in [0.3, 0.4) is 0 Å². The molecular formula is C23H25Cl2FN4O3S. The molecule has 3 aliphatic rings. The maximum atomic E-state index is 14.9. The Bertz CT molecular complexity index is 1200. The number of nitrogens with zero attached hydrogens (tertiary/aromatic N) is 4. The van der Waals surface area contributed by atoms with Crippen molar-refractivity contribution < 1.29 is 17.6 Å². The SMILES string of the molecule is CN1CC2(C1)CN(S(=O)(F)=Nc1cc(Cl)c(C(=O)N3CCO[C@@H](c4ccccc4)C3)c(Cl)c1)C2. The Kier molecular flexibility index (Phi) is 6.37. The first-order valence-corrected chi connectivity index (χ1v) is 13.1. The number of rotatable bonds is 4. The van der Waals surface area contributed by atoms with E-state index < -0.39 is 10.3 Å². The smallest absolute Gasteiger partial charge is 0.275 e. The molecule has 0 radical (unpaired) electrons. The number of likely N-dealkylation sites (tertiary alicyclic amines) is 1. The summed E-state index contributed by atoms with van der Waals surface area (Å²) in [7, 11) is -2.11. The van der Waals surface area contributed by atoms with Crippen molar-refractivity contribution in [3.8, 4) is 0 Å². The third-order valence-corrected chi connectivity index (χ3v) is 8.46. The molecule has 0 aromatic heterocycles. The molecule has 2 aromatic carbocycles. The molecule has 7 nitrogen and oxygen atoms in total. The fraction of sp³-hybridized carbons (Fsp3) is 0.435. The van der Waals surface area contributed by atoms with E-state index in [0.717, 1.165) is 18.7 Å². The first-order valence-electron chi connectivity index (χ1n) is 11.0. The molecule has 3 saturated heterocycles. The van der Waals surface area contributed by atoms with Crippen LogP contribution in [-0.2, 0) is 15.0 Å². The van der Waals surface area contributed by atoms with Gasteiger partial charge in [0, 0.05) is 38.1 Å². The lowest BCUT2D eigenvalue weighted by Crippen LogP contribution is -2.71. The maximum absolute atomic E-state index is 14.9. The van der Waals surface area contributed by atoms with Crippen molar-refractivity contribution in [2.24, 2.45) is 9.78 Å². The van der Waals surface area contributed by atoms with Gasteiger partial charge in [0.05, 0.1) is 34.4 Å². The van der Waals surface area contributed by atoms with Crippen molar-refractivity contribution >= 4 is 45.1 Å². The number of amides is 1. The molecule has 3 aliphatic heterocycles. The van der Waals surface area contributed by atoms with Gasteiger partial charge in [-0.1, -0.05) is 53.5 Å². The van der Waals surface area contributed by atoms with Crippen molar-refractivity contribution in [1.29, 1.82) is 0 Å². The van der Waals surface area contributed by atoms with E-state index in [1.807, 2.05) is 37.4 Å². The molecule has 182 valence electrons. The average molecular weight is 527 g/mol. The zero-order chi connectivity index (χ0) is 24.1. The molecule has 0 aliphatic carbocycles. The summed E-state index contributed by atoms with van der Waals surface area (Å²) in [5.74, 6) is -0.342. The third-order valence-electron chi connectivity index (χ3n) is 6.54. The van der Waals surface area contributed by atoms with Gasteiger partial charge in [-0.25, -0.2) is 0 Å². The second kappa shape index (κ2) is 9.04. The van der Waals surface area contributed by atoms with Crippen LogP contribution in [0.25, 0.3) is 0 Å².